The standard InChI is InChI=1S/C29H40N6O3/c1-6-24-18-35(26-16-28(36)32(4)27-19-33(13-12-30)31-29(26)27)25(7-2)17-34(24)21(3)23-10-8-22(9-11-23)20-38-15-14-37-5/h8-11,16,19,21,24-25H,6-7,13-15,17-18,20H2,1-5H3/t21?,24-,25+/m1/s1. The van der Waals surface area contributed by atoms with Gasteiger partial charge in [-0.15, -0.1) is 0 Å². The first-order valence-electron chi connectivity index (χ1n) is 13.5. The van der Waals surface area contributed by atoms with Crippen molar-refractivity contribution in [1.29, 1.82) is 5.26 Å². The molecule has 204 valence electrons. The van der Waals surface area contributed by atoms with E-state index in [9.17, 15) is 10.1 Å². The molecule has 1 aliphatic heterocycles. The van der Waals surface area contributed by atoms with Crippen LogP contribution >= 0.6 is 0 Å². The van der Waals surface area contributed by atoms with Crippen LogP contribution in [0.15, 0.2) is 41.3 Å². The molecule has 1 unspecified atom stereocenters. The van der Waals surface area contributed by atoms with Crippen molar-refractivity contribution in [2.45, 2.75) is 64.9 Å². The van der Waals surface area contributed by atoms with E-state index in [2.05, 4.69) is 60.9 Å². The summed E-state index contributed by atoms with van der Waals surface area (Å²) in [5.74, 6) is 0. The summed E-state index contributed by atoms with van der Waals surface area (Å²) in [6.45, 7) is 10.4. The number of anilines is 1. The number of ether oxygens (including phenoxy) is 2. The molecule has 3 atom stereocenters. The average molecular weight is 521 g/mol. The zero-order chi connectivity index (χ0) is 27.2. The van der Waals surface area contributed by atoms with Gasteiger partial charge in [0.15, 0.2) is 0 Å². The fourth-order valence-corrected chi connectivity index (χ4v) is 5.48. The number of aromatic nitrogens is 3. The van der Waals surface area contributed by atoms with Crippen LogP contribution in [0.1, 0.15) is 50.8 Å². The lowest BCUT2D eigenvalue weighted by Gasteiger charge is -2.49. The monoisotopic (exact) mass is 520 g/mol. The molecule has 1 saturated heterocycles. The molecule has 9 nitrogen and oxygen atoms in total. The van der Waals surface area contributed by atoms with Crippen molar-refractivity contribution in [1.82, 2.24) is 19.2 Å². The second kappa shape index (κ2) is 12.6. The Kier molecular flexibility index (Phi) is 9.21. The normalized spacial score (nSPS) is 19.1. The Balaban J connectivity index is 1.57. The minimum Gasteiger partial charge on any atom is -0.382 e. The Morgan fingerprint density at radius 2 is 1.87 bits per heavy atom. The van der Waals surface area contributed by atoms with Gasteiger partial charge in [-0.3, -0.25) is 14.4 Å². The predicted octanol–water partition coefficient (Wildman–Crippen LogP) is 3.86. The summed E-state index contributed by atoms with van der Waals surface area (Å²) in [5, 5.41) is 13.9. The molecule has 0 radical (unpaired) electrons. The fraction of sp³-hybridized carbons (Fsp3) is 0.552. The van der Waals surface area contributed by atoms with Gasteiger partial charge in [0.05, 0.1) is 43.3 Å². The third-order valence-electron chi connectivity index (χ3n) is 7.82. The summed E-state index contributed by atoms with van der Waals surface area (Å²) >= 11 is 0. The van der Waals surface area contributed by atoms with E-state index >= 15 is 0 Å². The smallest absolute Gasteiger partial charge is 0.252 e. The maximum absolute atomic E-state index is 12.9. The second-order valence-corrected chi connectivity index (χ2v) is 10.1. The molecule has 4 rings (SSSR count). The molecule has 1 aliphatic rings. The quantitative estimate of drug-likeness (QED) is 0.355. The lowest BCUT2D eigenvalue weighted by atomic mass is 9.96. The molecule has 0 amide bonds. The molecule has 1 fully saturated rings. The van der Waals surface area contributed by atoms with Crippen molar-refractivity contribution in [3.05, 3.63) is 58.0 Å². The highest BCUT2D eigenvalue weighted by molar-refractivity contribution is 5.88. The highest BCUT2D eigenvalue weighted by Gasteiger charge is 2.36. The van der Waals surface area contributed by atoms with Gasteiger partial charge < -0.3 is 18.9 Å². The molecule has 9 heteroatoms. The molecular formula is C29H40N6O3. The summed E-state index contributed by atoms with van der Waals surface area (Å²) in [6.07, 6.45) is 3.75. The summed E-state index contributed by atoms with van der Waals surface area (Å²) in [4.78, 5) is 17.9. The molecule has 38 heavy (non-hydrogen) atoms. The van der Waals surface area contributed by atoms with Crippen LogP contribution in [0.25, 0.3) is 11.0 Å². The summed E-state index contributed by atoms with van der Waals surface area (Å²) in [5.41, 5.74) is 4.79. The van der Waals surface area contributed by atoms with Gasteiger partial charge in [0.25, 0.3) is 5.56 Å². The number of hydrogen-bond acceptors (Lipinski definition) is 7. The van der Waals surface area contributed by atoms with Crippen LogP contribution in [0.5, 0.6) is 0 Å². The van der Waals surface area contributed by atoms with E-state index in [1.807, 2.05) is 0 Å². The molecule has 3 aromatic rings. The molecule has 2 aromatic heterocycles. The van der Waals surface area contributed by atoms with Gasteiger partial charge in [-0.25, -0.2) is 0 Å². The molecule has 3 heterocycles. The number of aryl methyl sites for hydroxylation is 1. The van der Waals surface area contributed by atoms with Crippen molar-refractivity contribution >= 4 is 16.7 Å². The topological polar surface area (TPSA) is 88.5 Å². The second-order valence-electron chi connectivity index (χ2n) is 10.1. The van der Waals surface area contributed by atoms with Gasteiger partial charge in [-0.1, -0.05) is 38.1 Å². The first-order chi connectivity index (χ1) is 18.4. The van der Waals surface area contributed by atoms with Crippen LogP contribution in [-0.4, -0.2) is 64.7 Å². The molecule has 1 aromatic carbocycles. The fourth-order valence-electron chi connectivity index (χ4n) is 5.48. The maximum Gasteiger partial charge on any atom is 0.252 e. The average Bonchev–Trinajstić information content (AvgIpc) is 3.36. The summed E-state index contributed by atoms with van der Waals surface area (Å²) < 4.78 is 14.0. The highest BCUT2D eigenvalue weighted by Crippen LogP contribution is 2.34. The summed E-state index contributed by atoms with van der Waals surface area (Å²) in [6, 6.07) is 13.4. The van der Waals surface area contributed by atoms with Crippen LogP contribution in [0, 0.1) is 11.3 Å². The number of pyridine rings is 1. The van der Waals surface area contributed by atoms with E-state index in [0.717, 1.165) is 48.2 Å². The van der Waals surface area contributed by atoms with Crippen LogP contribution in [0.3, 0.4) is 0 Å². The Hall–Kier alpha value is -3.19. The van der Waals surface area contributed by atoms with Crippen LogP contribution in [-0.2, 0) is 29.7 Å². The van der Waals surface area contributed by atoms with Crippen molar-refractivity contribution in [2.24, 2.45) is 7.05 Å². The number of fused-ring (bicyclic) bond motifs is 1. The first kappa shape index (κ1) is 27.8. The van der Waals surface area contributed by atoms with Gasteiger partial charge in [0, 0.05) is 51.4 Å². The Morgan fingerprint density at radius 1 is 1.13 bits per heavy atom. The number of nitrogens with zero attached hydrogens (tertiary/aromatic N) is 6. The van der Waals surface area contributed by atoms with E-state index in [-0.39, 0.29) is 24.2 Å². The Morgan fingerprint density at radius 3 is 2.53 bits per heavy atom. The van der Waals surface area contributed by atoms with Crippen LogP contribution in [0.2, 0.25) is 0 Å². The SMILES string of the molecule is CC[C@H]1CN(C(C)c2ccc(COCCOC)cc2)[C@H](CC)CN1c1cc(=O)n(C)c2cn(CC#N)nc12. The highest BCUT2D eigenvalue weighted by atomic mass is 16.5. The first-order valence-corrected chi connectivity index (χ1v) is 13.5. The van der Waals surface area contributed by atoms with Crippen molar-refractivity contribution in [3.63, 3.8) is 0 Å². The summed E-state index contributed by atoms with van der Waals surface area (Å²) in [7, 11) is 3.44. The van der Waals surface area contributed by atoms with E-state index in [0.29, 0.717) is 25.9 Å². The molecule has 0 spiro atoms. The number of piperazine rings is 1. The lowest BCUT2D eigenvalue weighted by Crippen LogP contribution is -2.58. The van der Waals surface area contributed by atoms with Crippen molar-refractivity contribution in [3.8, 4) is 6.07 Å². The minimum absolute atomic E-state index is 0.0611. The zero-order valence-electron chi connectivity index (χ0n) is 23.3. The van der Waals surface area contributed by atoms with Gasteiger partial charge in [0.1, 0.15) is 12.1 Å². The zero-order valence-corrected chi connectivity index (χ0v) is 23.3. The van der Waals surface area contributed by atoms with Gasteiger partial charge in [-0.2, -0.15) is 10.4 Å². The largest absolute Gasteiger partial charge is 0.382 e. The Bertz CT molecular complexity index is 1310. The van der Waals surface area contributed by atoms with E-state index in [1.165, 1.54) is 5.56 Å². The number of nitriles is 1. The number of rotatable bonds is 11. The molecule has 0 bridgehead atoms. The van der Waals surface area contributed by atoms with Crippen LogP contribution in [0.4, 0.5) is 5.69 Å². The molecule has 0 aliphatic carbocycles. The molecule has 0 N–H and O–H groups in total. The van der Waals surface area contributed by atoms with Crippen molar-refractivity contribution < 1.29 is 9.47 Å². The molecular weight excluding hydrogens is 480 g/mol. The number of benzene rings is 1. The van der Waals surface area contributed by atoms with Gasteiger partial charge in [0.2, 0.25) is 0 Å². The number of hydrogen-bond donors (Lipinski definition) is 0. The Labute approximate surface area is 225 Å². The predicted molar refractivity (Wildman–Crippen MR) is 149 cm³/mol. The minimum atomic E-state index is -0.0611. The third kappa shape index (κ3) is 5.78. The van der Waals surface area contributed by atoms with Gasteiger partial charge in [-0.05, 0) is 30.9 Å². The van der Waals surface area contributed by atoms with Crippen molar-refractivity contribution in [2.75, 3.05) is 38.3 Å². The number of methoxy groups -OCH3 is 1. The van der Waals surface area contributed by atoms with Crippen LogP contribution < -0.4 is 10.5 Å². The van der Waals surface area contributed by atoms with E-state index < -0.39 is 0 Å². The van der Waals surface area contributed by atoms with E-state index in [4.69, 9.17) is 14.6 Å². The third-order valence-corrected chi connectivity index (χ3v) is 7.82. The van der Waals surface area contributed by atoms with Gasteiger partial charge >= 0.3 is 0 Å². The maximum atomic E-state index is 12.9. The lowest BCUT2D eigenvalue weighted by molar-refractivity contribution is 0.0616. The molecule has 0 saturated carbocycles. The van der Waals surface area contributed by atoms with E-state index in [1.54, 1.807) is 35.7 Å².